The fraction of sp³-hybridized carbons (Fsp3) is 0.833. The van der Waals surface area contributed by atoms with Gasteiger partial charge in [-0.1, -0.05) is 6.92 Å². The lowest BCUT2D eigenvalue weighted by Crippen LogP contribution is -2.42. The van der Waals surface area contributed by atoms with Crippen LogP contribution in [0.15, 0.2) is 11.1 Å². The Morgan fingerprint density at radius 2 is 1.50 bits per heavy atom. The quantitative estimate of drug-likeness (QED) is 0.587. The maximum Gasteiger partial charge on any atom is 0.0217 e. The standard InChI is InChI=1S/C12H22N2/c1-5-13-6-10-8-14(12(2,3)4)9-11(10)7-13/h5-9H2,1-4H3. The normalized spacial score (nSPS) is 24.9. The van der Waals surface area contributed by atoms with Crippen LogP contribution in [0.2, 0.25) is 0 Å². The van der Waals surface area contributed by atoms with Gasteiger partial charge in [-0.25, -0.2) is 0 Å². The Morgan fingerprint density at radius 3 is 1.86 bits per heavy atom. The SMILES string of the molecule is CCN1CC2=C(C1)CN(C(C)(C)C)C2. The minimum absolute atomic E-state index is 0.335. The van der Waals surface area contributed by atoms with Crippen molar-refractivity contribution in [2.45, 2.75) is 33.2 Å². The van der Waals surface area contributed by atoms with E-state index in [1.807, 2.05) is 0 Å². The van der Waals surface area contributed by atoms with Crippen LogP contribution in [0.5, 0.6) is 0 Å². The maximum atomic E-state index is 2.59. The molecule has 0 aromatic heterocycles. The van der Waals surface area contributed by atoms with Crippen LogP contribution in [0.25, 0.3) is 0 Å². The molecule has 2 aliphatic rings. The van der Waals surface area contributed by atoms with Crippen molar-refractivity contribution in [2.24, 2.45) is 0 Å². The number of hydrogen-bond acceptors (Lipinski definition) is 2. The predicted octanol–water partition coefficient (Wildman–Crippen LogP) is 1.73. The molecule has 2 heteroatoms. The first-order valence-electron chi connectivity index (χ1n) is 5.68. The lowest BCUT2D eigenvalue weighted by molar-refractivity contribution is 0.169. The summed E-state index contributed by atoms with van der Waals surface area (Å²) in [5, 5.41) is 0. The molecular formula is C12H22N2. The minimum atomic E-state index is 0.335. The molecule has 0 amide bonds. The van der Waals surface area contributed by atoms with Gasteiger partial charge in [0, 0.05) is 31.7 Å². The van der Waals surface area contributed by atoms with Gasteiger partial charge in [0.15, 0.2) is 0 Å². The summed E-state index contributed by atoms with van der Waals surface area (Å²) >= 11 is 0. The summed E-state index contributed by atoms with van der Waals surface area (Å²) in [6.07, 6.45) is 0. The summed E-state index contributed by atoms with van der Waals surface area (Å²) in [4.78, 5) is 5.12. The van der Waals surface area contributed by atoms with Crippen LogP contribution in [0, 0.1) is 0 Å². The van der Waals surface area contributed by atoms with E-state index in [1.165, 1.54) is 32.7 Å². The van der Waals surface area contributed by atoms with Gasteiger partial charge in [-0.15, -0.1) is 0 Å². The molecule has 2 heterocycles. The zero-order valence-corrected chi connectivity index (χ0v) is 9.93. The molecular weight excluding hydrogens is 172 g/mol. The van der Waals surface area contributed by atoms with Crippen LogP contribution in [-0.4, -0.2) is 48.1 Å². The molecule has 80 valence electrons. The molecule has 0 atom stereocenters. The summed E-state index contributed by atoms with van der Waals surface area (Å²) in [6, 6.07) is 0. The van der Waals surface area contributed by atoms with E-state index in [-0.39, 0.29) is 0 Å². The molecule has 2 nitrogen and oxygen atoms in total. The Balaban J connectivity index is 1.97. The molecule has 2 aliphatic heterocycles. The van der Waals surface area contributed by atoms with E-state index in [9.17, 15) is 0 Å². The van der Waals surface area contributed by atoms with Crippen molar-refractivity contribution in [2.75, 3.05) is 32.7 Å². The summed E-state index contributed by atoms with van der Waals surface area (Å²) in [6.45, 7) is 15.2. The van der Waals surface area contributed by atoms with E-state index in [0.717, 1.165) is 0 Å². The Labute approximate surface area is 87.6 Å². The van der Waals surface area contributed by atoms with Crippen molar-refractivity contribution in [1.82, 2.24) is 9.80 Å². The van der Waals surface area contributed by atoms with Gasteiger partial charge < -0.3 is 0 Å². The average molecular weight is 194 g/mol. The van der Waals surface area contributed by atoms with E-state index < -0.39 is 0 Å². The summed E-state index contributed by atoms with van der Waals surface area (Å²) in [5.41, 5.74) is 3.73. The van der Waals surface area contributed by atoms with Gasteiger partial charge in [0.05, 0.1) is 0 Å². The van der Waals surface area contributed by atoms with Crippen LogP contribution in [0.4, 0.5) is 0 Å². The third kappa shape index (κ3) is 1.73. The molecule has 0 bridgehead atoms. The third-order valence-corrected chi connectivity index (χ3v) is 3.49. The largest absolute Gasteiger partial charge is 0.296 e. The molecule has 0 radical (unpaired) electrons. The van der Waals surface area contributed by atoms with E-state index in [4.69, 9.17) is 0 Å². The molecule has 0 N–H and O–H groups in total. The van der Waals surface area contributed by atoms with Crippen LogP contribution in [0.3, 0.4) is 0 Å². The lowest BCUT2D eigenvalue weighted by Gasteiger charge is -2.33. The van der Waals surface area contributed by atoms with Gasteiger partial charge in [0.2, 0.25) is 0 Å². The van der Waals surface area contributed by atoms with Gasteiger partial charge in [0.1, 0.15) is 0 Å². The van der Waals surface area contributed by atoms with Gasteiger partial charge in [-0.05, 0) is 38.5 Å². The summed E-state index contributed by atoms with van der Waals surface area (Å²) in [7, 11) is 0. The molecule has 0 unspecified atom stereocenters. The van der Waals surface area contributed by atoms with E-state index >= 15 is 0 Å². The Bertz CT molecular complexity index is 242. The fourth-order valence-electron chi connectivity index (χ4n) is 2.36. The second-order valence-corrected chi connectivity index (χ2v) is 5.54. The topological polar surface area (TPSA) is 6.48 Å². The number of rotatable bonds is 1. The number of nitrogens with zero attached hydrogens (tertiary/aromatic N) is 2. The first kappa shape index (κ1) is 10.2. The second-order valence-electron chi connectivity index (χ2n) is 5.54. The molecule has 2 rings (SSSR count). The van der Waals surface area contributed by atoms with Crippen molar-refractivity contribution in [3.05, 3.63) is 11.1 Å². The zero-order valence-electron chi connectivity index (χ0n) is 9.93. The van der Waals surface area contributed by atoms with E-state index in [0.29, 0.717) is 5.54 Å². The molecule has 14 heavy (non-hydrogen) atoms. The van der Waals surface area contributed by atoms with Gasteiger partial charge in [-0.3, -0.25) is 9.80 Å². The first-order chi connectivity index (χ1) is 6.50. The van der Waals surface area contributed by atoms with Crippen LogP contribution >= 0.6 is 0 Å². The van der Waals surface area contributed by atoms with Crippen molar-refractivity contribution >= 4 is 0 Å². The van der Waals surface area contributed by atoms with Crippen LogP contribution in [-0.2, 0) is 0 Å². The van der Waals surface area contributed by atoms with Crippen molar-refractivity contribution in [3.8, 4) is 0 Å². The fourth-order valence-corrected chi connectivity index (χ4v) is 2.36. The van der Waals surface area contributed by atoms with Crippen molar-refractivity contribution in [1.29, 1.82) is 0 Å². The average Bonchev–Trinajstić information content (AvgIpc) is 2.56. The highest BCUT2D eigenvalue weighted by molar-refractivity contribution is 5.30. The molecule has 0 aromatic rings. The highest BCUT2D eigenvalue weighted by Crippen LogP contribution is 2.29. The van der Waals surface area contributed by atoms with Crippen molar-refractivity contribution in [3.63, 3.8) is 0 Å². The lowest BCUT2D eigenvalue weighted by atomic mass is 10.1. The highest BCUT2D eigenvalue weighted by atomic mass is 15.2. The predicted molar refractivity (Wildman–Crippen MR) is 60.5 cm³/mol. The van der Waals surface area contributed by atoms with Crippen LogP contribution in [0.1, 0.15) is 27.7 Å². The number of likely N-dealkylation sites (N-methyl/N-ethyl adjacent to an activating group) is 1. The third-order valence-electron chi connectivity index (χ3n) is 3.49. The molecule has 0 aromatic carbocycles. The molecule has 0 fully saturated rings. The maximum absolute atomic E-state index is 2.59. The van der Waals surface area contributed by atoms with Gasteiger partial charge in [-0.2, -0.15) is 0 Å². The first-order valence-corrected chi connectivity index (χ1v) is 5.68. The minimum Gasteiger partial charge on any atom is -0.296 e. The molecule has 0 saturated carbocycles. The van der Waals surface area contributed by atoms with E-state index in [1.54, 1.807) is 11.1 Å². The Kier molecular flexibility index (Phi) is 2.44. The van der Waals surface area contributed by atoms with Crippen LogP contribution < -0.4 is 0 Å². The van der Waals surface area contributed by atoms with Gasteiger partial charge in [0.25, 0.3) is 0 Å². The second kappa shape index (κ2) is 3.35. The highest BCUT2D eigenvalue weighted by Gasteiger charge is 2.33. The van der Waals surface area contributed by atoms with Crippen molar-refractivity contribution < 1.29 is 0 Å². The Morgan fingerprint density at radius 1 is 1.00 bits per heavy atom. The Hall–Kier alpha value is -0.340. The molecule has 0 spiro atoms. The molecule has 0 aliphatic carbocycles. The summed E-state index contributed by atoms with van der Waals surface area (Å²) < 4.78 is 0. The van der Waals surface area contributed by atoms with Gasteiger partial charge >= 0.3 is 0 Å². The van der Waals surface area contributed by atoms with E-state index in [2.05, 4.69) is 37.5 Å². The molecule has 0 saturated heterocycles. The monoisotopic (exact) mass is 194 g/mol. The zero-order chi connectivity index (χ0) is 10.3. The smallest absolute Gasteiger partial charge is 0.0217 e. The summed E-state index contributed by atoms with van der Waals surface area (Å²) in [5.74, 6) is 0. The number of hydrogen-bond donors (Lipinski definition) is 0.